The number of phenolic OH excluding ortho intramolecular Hbond substituents is 2. The van der Waals surface area contributed by atoms with Crippen LogP contribution in [0.2, 0.25) is 0 Å². The number of ether oxygens (including phenoxy) is 3. The molecule has 0 aromatic heterocycles. The molecule has 5 rings (SSSR count). The lowest BCUT2D eigenvalue weighted by atomic mass is 9.72. The second-order valence-corrected chi connectivity index (χ2v) is 14.1. The third kappa shape index (κ3) is 7.70. The number of unbranched alkanes of at least 4 members (excludes halogenated alkanes) is 1. The number of methoxy groups -OCH3 is 1. The van der Waals surface area contributed by atoms with Crippen LogP contribution in [0.4, 0.5) is 0 Å². The summed E-state index contributed by atoms with van der Waals surface area (Å²) < 4.78 is 17.6. The standard InChI is InChI=1S/C37H49N5O12/c1-16-30(44)22(42-36(50)21(8-4-5-11-38)41-35(49)20(40)10-12-39)13-25(53-16)54-24-15-37(51,17(2)43)14-19-27(24)34(48)29-28(32(19)46)31(45)18-7-6-9-23(52-3)26(18)33(29)47/h6-7,9,16,20-22,24-25,30,44,46,48,51H,4-5,8,10-15,38-40H2,1-3H3,(H,41,49)(H,42,50)/t16?,20?,21?,22?,24-,25?,30?,37-/m0/s1. The lowest BCUT2D eigenvalue weighted by molar-refractivity contribution is -0.249. The third-order valence-corrected chi connectivity index (χ3v) is 10.5. The quantitative estimate of drug-likeness (QED) is 0.0739. The van der Waals surface area contributed by atoms with E-state index in [4.69, 9.17) is 31.4 Å². The van der Waals surface area contributed by atoms with Gasteiger partial charge in [0.25, 0.3) is 0 Å². The molecule has 1 fully saturated rings. The average molecular weight is 756 g/mol. The molecule has 2 aromatic rings. The highest BCUT2D eigenvalue weighted by Gasteiger charge is 2.50. The fourth-order valence-corrected chi connectivity index (χ4v) is 7.40. The van der Waals surface area contributed by atoms with Gasteiger partial charge in [-0.2, -0.15) is 0 Å². The number of aliphatic hydroxyl groups excluding tert-OH is 1. The number of fused-ring (bicyclic) bond motifs is 3. The van der Waals surface area contributed by atoms with Crippen LogP contribution in [0.1, 0.15) is 101 Å². The summed E-state index contributed by atoms with van der Waals surface area (Å²) in [6.45, 7) is 3.20. The fraction of sp³-hybridized carbons (Fsp3) is 0.541. The summed E-state index contributed by atoms with van der Waals surface area (Å²) in [5, 5.41) is 51.4. The summed E-state index contributed by atoms with van der Waals surface area (Å²) in [5.74, 6) is -4.78. The van der Waals surface area contributed by atoms with Gasteiger partial charge in [0.05, 0.1) is 48.1 Å². The van der Waals surface area contributed by atoms with Crippen molar-refractivity contribution in [2.24, 2.45) is 17.2 Å². The molecule has 294 valence electrons. The van der Waals surface area contributed by atoms with Crippen LogP contribution in [-0.4, -0.2) is 112 Å². The number of amides is 2. The largest absolute Gasteiger partial charge is 0.507 e. The molecule has 1 aliphatic heterocycles. The van der Waals surface area contributed by atoms with E-state index in [1.54, 1.807) is 0 Å². The first kappa shape index (κ1) is 40.7. The van der Waals surface area contributed by atoms with Crippen molar-refractivity contribution in [3.05, 3.63) is 51.6 Å². The van der Waals surface area contributed by atoms with Crippen LogP contribution < -0.4 is 32.6 Å². The number of ketones is 3. The second-order valence-electron chi connectivity index (χ2n) is 14.1. The van der Waals surface area contributed by atoms with E-state index in [1.807, 2.05) is 0 Å². The molecule has 2 aliphatic carbocycles. The van der Waals surface area contributed by atoms with Crippen LogP contribution in [0.5, 0.6) is 17.2 Å². The Hall–Kier alpha value is -4.49. The highest BCUT2D eigenvalue weighted by atomic mass is 16.7. The number of aliphatic hydroxyl groups is 2. The Labute approximate surface area is 311 Å². The Morgan fingerprint density at radius 2 is 1.72 bits per heavy atom. The van der Waals surface area contributed by atoms with Gasteiger partial charge >= 0.3 is 0 Å². The zero-order valence-corrected chi connectivity index (χ0v) is 30.4. The first-order valence-corrected chi connectivity index (χ1v) is 17.9. The van der Waals surface area contributed by atoms with Crippen LogP contribution in [0.25, 0.3) is 0 Å². The topological polar surface area (TPSA) is 296 Å². The number of aromatic hydroxyl groups is 2. The van der Waals surface area contributed by atoms with Gasteiger partial charge in [-0.1, -0.05) is 12.1 Å². The predicted molar refractivity (Wildman–Crippen MR) is 191 cm³/mol. The molecule has 3 aliphatic rings. The van der Waals surface area contributed by atoms with Crippen LogP contribution in [0, 0.1) is 0 Å². The van der Waals surface area contributed by atoms with Gasteiger partial charge in [-0.25, -0.2) is 0 Å². The molecule has 12 N–H and O–H groups in total. The molecule has 17 nitrogen and oxygen atoms in total. The number of carbonyl (C=O) groups excluding carboxylic acids is 5. The molecule has 6 unspecified atom stereocenters. The lowest BCUT2D eigenvalue weighted by Crippen LogP contribution is -2.59. The van der Waals surface area contributed by atoms with Gasteiger partial charge in [-0.3, -0.25) is 24.0 Å². The van der Waals surface area contributed by atoms with E-state index in [9.17, 15) is 44.4 Å². The summed E-state index contributed by atoms with van der Waals surface area (Å²) in [5.41, 5.74) is 13.5. The van der Waals surface area contributed by atoms with Crippen LogP contribution >= 0.6 is 0 Å². The van der Waals surface area contributed by atoms with E-state index in [1.165, 1.54) is 32.2 Å². The van der Waals surface area contributed by atoms with Crippen molar-refractivity contribution in [3.8, 4) is 17.2 Å². The highest BCUT2D eigenvalue weighted by Crippen LogP contribution is 2.52. The maximum absolute atomic E-state index is 13.9. The molecular formula is C37H49N5O12. The van der Waals surface area contributed by atoms with Gasteiger partial charge in [0, 0.05) is 36.0 Å². The number of hydrogen-bond acceptors (Lipinski definition) is 15. The molecule has 0 spiro atoms. The summed E-state index contributed by atoms with van der Waals surface area (Å²) in [6.07, 6.45) is -4.47. The molecular weight excluding hydrogens is 706 g/mol. The fourth-order valence-electron chi connectivity index (χ4n) is 7.40. The maximum atomic E-state index is 13.9. The van der Waals surface area contributed by atoms with Crippen molar-refractivity contribution >= 4 is 29.2 Å². The van der Waals surface area contributed by atoms with Crippen LogP contribution in [-0.2, 0) is 30.3 Å². The smallest absolute Gasteiger partial charge is 0.242 e. The average Bonchev–Trinajstić information content (AvgIpc) is 3.13. The minimum absolute atomic E-state index is 0.0669. The van der Waals surface area contributed by atoms with Gasteiger partial charge in [0.2, 0.25) is 17.6 Å². The number of Topliss-reactive ketones (excluding diaryl/α,β-unsaturated/α-hetero) is 1. The molecule has 8 atom stereocenters. The van der Waals surface area contributed by atoms with Crippen LogP contribution in [0.15, 0.2) is 18.2 Å². The van der Waals surface area contributed by atoms with E-state index in [2.05, 4.69) is 10.6 Å². The third-order valence-electron chi connectivity index (χ3n) is 10.5. The van der Waals surface area contributed by atoms with Crippen molar-refractivity contribution in [2.75, 3.05) is 20.2 Å². The van der Waals surface area contributed by atoms with Crippen molar-refractivity contribution in [2.45, 2.75) is 107 Å². The molecule has 1 heterocycles. The number of benzene rings is 2. The molecule has 54 heavy (non-hydrogen) atoms. The number of carbonyl (C=O) groups is 5. The molecule has 0 radical (unpaired) electrons. The summed E-state index contributed by atoms with van der Waals surface area (Å²) in [7, 11) is 1.31. The SMILES string of the molecule is COc1cccc2c1C(=O)c1c(O)c3c(c(O)c1C2=O)C[C@@](O)(C(C)=O)C[C@@H]3OC1CC(NC(=O)C(CCCCN)NC(=O)C(N)CCN)C(O)C(C)O1. The zero-order valence-electron chi connectivity index (χ0n) is 30.4. The van der Waals surface area contributed by atoms with Crippen molar-refractivity contribution in [1.82, 2.24) is 10.6 Å². The van der Waals surface area contributed by atoms with Crippen molar-refractivity contribution in [3.63, 3.8) is 0 Å². The molecule has 2 aromatic carbocycles. The van der Waals surface area contributed by atoms with E-state index in [0.29, 0.717) is 19.4 Å². The monoisotopic (exact) mass is 755 g/mol. The van der Waals surface area contributed by atoms with E-state index >= 15 is 0 Å². The Morgan fingerprint density at radius 3 is 2.37 bits per heavy atom. The number of hydrogen-bond donors (Lipinski definition) is 9. The zero-order chi connectivity index (χ0) is 39.6. The van der Waals surface area contributed by atoms with E-state index in [-0.39, 0.29) is 53.8 Å². The van der Waals surface area contributed by atoms with Gasteiger partial charge in [0.15, 0.2) is 17.9 Å². The minimum atomic E-state index is -2.13. The molecule has 1 saturated heterocycles. The van der Waals surface area contributed by atoms with E-state index < -0.39 is 113 Å². The highest BCUT2D eigenvalue weighted by molar-refractivity contribution is 6.31. The molecule has 17 heteroatoms. The first-order valence-electron chi connectivity index (χ1n) is 17.9. The normalized spacial score (nSPS) is 25.8. The summed E-state index contributed by atoms with van der Waals surface area (Å²) in [6, 6.07) is 1.39. The first-order chi connectivity index (χ1) is 25.6. The second kappa shape index (κ2) is 16.5. The summed E-state index contributed by atoms with van der Waals surface area (Å²) in [4.78, 5) is 66.8. The van der Waals surface area contributed by atoms with Gasteiger partial charge in [-0.15, -0.1) is 0 Å². The predicted octanol–water partition coefficient (Wildman–Crippen LogP) is -0.524. The van der Waals surface area contributed by atoms with E-state index in [0.717, 1.165) is 6.92 Å². The van der Waals surface area contributed by atoms with Gasteiger partial charge in [0.1, 0.15) is 35.0 Å². The minimum Gasteiger partial charge on any atom is -0.507 e. The molecule has 2 amide bonds. The number of nitrogens with two attached hydrogens (primary N) is 3. The Balaban J connectivity index is 1.47. The lowest BCUT2D eigenvalue weighted by Gasteiger charge is -2.43. The van der Waals surface area contributed by atoms with Crippen molar-refractivity contribution < 1.29 is 58.6 Å². The van der Waals surface area contributed by atoms with Gasteiger partial charge < -0.3 is 62.5 Å². The molecule has 0 bridgehead atoms. The van der Waals surface area contributed by atoms with Crippen molar-refractivity contribution in [1.29, 1.82) is 0 Å². The Kier molecular flexibility index (Phi) is 12.4. The number of rotatable bonds is 14. The van der Waals surface area contributed by atoms with Crippen LogP contribution in [0.3, 0.4) is 0 Å². The maximum Gasteiger partial charge on any atom is 0.242 e. The number of phenols is 2. The Bertz CT molecular complexity index is 1820. The molecule has 0 saturated carbocycles. The van der Waals surface area contributed by atoms with Gasteiger partial charge in [-0.05, 0) is 58.7 Å². The Morgan fingerprint density at radius 1 is 1.02 bits per heavy atom. The number of nitrogens with one attached hydrogen (secondary N) is 2. The summed E-state index contributed by atoms with van der Waals surface area (Å²) >= 11 is 0.